The third-order valence-corrected chi connectivity index (χ3v) is 4.20. The molecule has 1 N–H and O–H groups in total. The summed E-state index contributed by atoms with van der Waals surface area (Å²) in [6, 6.07) is 12.9. The first-order valence-electron chi connectivity index (χ1n) is 7.81. The number of halogens is 1. The van der Waals surface area contributed by atoms with Crippen molar-refractivity contribution in [3.63, 3.8) is 0 Å². The zero-order valence-corrected chi connectivity index (χ0v) is 16.1. The Morgan fingerprint density at radius 3 is 2.44 bits per heavy atom. The summed E-state index contributed by atoms with van der Waals surface area (Å²) in [6.07, 6.45) is 0. The Kier molecular flexibility index (Phi) is 6.73. The highest BCUT2D eigenvalue weighted by molar-refractivity contribution is 9.10. The maximum atomic E-state index is 12.2. The lowest BCUT2D eigenvalue weighted by atomic mass is 10.1. The molecule has 0 fully saturated rings. The number of anilines is 1. The number of hydrogen-bond donors (Lipinski definition) is 1. The molecule has 0 atom stereocenters. The van der Waals surface area contributed by atoms with Crippen LogP contribution in [0, 0.1) is 6.92 Å². The molecule has 0 saturated heterocycles. The van der Waals surface area contributed by atoms with Crippen LogP contribution in [0.2, 0.25) is 0 Å². The molecule has 2 aromatic carbocycles. The van der Waals surface area contributed by atoms with Crippen molar-refractivity contribution in [1.82, 2.24) is 4.90 Å². The van der Waals surface area contributed by atoms with Crippen molar-refractivity contribution < 1.29 is 14.3 Å². The van der Waals surface area contributed by atoms with Crippen LogP contribution in [-0.2, 0) is 16.1 Å². The predicted octanol–water partition coefficient (Wildman–Crippen LogP) is 3.61. The fourth-order valence-corrected chi connectivity index (χ4v) is 2.91. The summed E-state index contributed by atoms with van der Waals surface area (Å²) in [7, 11) is 3.23. The first kappa shape index (κ1) is 19.1. The number of aryl methyl sites for hydroxylation is 1. The maximum absolute atomic E-state index is 12.2. The molecule has 2 rings (SSSR count). The van der Waals surface area contributed by atoms with Gasteiger partial charge in [-0.3, -0.25) is 9.69 Å². The molecular formula is C19H21BrN2O3. The van der Waals surface area contributed by atoms with Crippen LogP contribution in [0.15, 0.2) is 46.9 Å². The topological polar surface area (TPSA) is 58.6 Å². The molecule has 2 aromatic rings. The average molecular weight is 405 g/mol. The monoisotopic (exact) mass is 404 g/mol. The second kappa shape index (κ2) is 8.78. The van der Waals surface area contributed by atoms with Crippen LogP contribution in [0.25, 0.3) is 0 Å². The van der Waals surface area contributed by atoms with Gasteiger partial charge in [0.05, 0.1) is 19.2 Å². The molecule has 0 unspecified atom stereocenters. The zero-order valence-electron chi connectivity index (χ0n) is 14.5. The normalized spacial score (nSPS) is 10.6. The molecule has 132 valence electrons. The number of amides is 1. The average Bonchev–Trinajstić information content (AvgIpc) is 2.57. The van der Waals surface area contributed by atoms with Crippen molar-refractivity contribution >= 4 is 33.5 Å². The van der Waals surface area contributed by atoms with E-state index in [4.69, 9.17) is 0 Å². The third kappa shape index (κ3) is 5.69. The summed E-state index contributed by atoms with van der Waals surface area (Å²) in [5, 5.41) is 2.92. The lowest BCUT2D eigenvalue weighted by Crippen LogP contribution is -2.30. The second-order valence-electron chi connectivity index (χ2n) is 5.87. The van der Waals surface area contributed by atoms with Crippen molar-refractivity contribution in [2.75, 3.05) is 26.0 Å². The summed E-state index contributed by atoms with van der Waals surface area (Å²) in [6.45, 7) is 2.83. The molecule has 0 aliphatic rings. The first-order valence-corrected chi connectivity index (χ1v) is 8.60. The van der Waals surface area contributed by atoms with Gasteiger partial charge in [0.2, 0.25) is 5.91 Å². The number of ether oxygens (including phenoxy) is 1. The fraction of sp³-hybridized carbons (Fsp3) is 0.263. The molecule has 0 spiro atoms. The number of esters is 1. The molecule has 25 heavy (non-hydrogen) atoms. The van der Waals surface area contributed by atoms with E-state index in [1.807, 2.05) is 49.2 Å². The van der Waals surface area contributed by atoms with E-state index < -0.39 is 0 Å². The highest BCUT2D eigenvalue weighted by Crippen LogP contribution is 2.20. The SMILES string of the molecule is COC(=O)c1ccc(CN(C)CC(=O)Nc2ccc(Br)cc2C)cc1. The molecule has 0 radical (unpaired) electrons. The third-order valence-electron chi connectivity index (χ3n) is 3.70. The van der Waals surface area contributed by atoms with E-state index in [1.54, 1.807) is 12.1 Å². The molecular weight excluding hydrogens is 384 g/mol. The molecule has 0 aliphatic carbocycles. The van der Waals surface area contributed by atoms with Crippen LogP contribution in [0.1, 0.15) is 21.5 Å². The van der Waals surface area contributed by atoms with Gasteiger partial charge in [0.15, 0.2) is 0 Å². The van der Waals surface area contributed by atoms with Gasteiger partial charge in [-0.1, -0.05) is 28.1 Å². The number of carbonyl (C=O) groups is 2. The highest BCUT2D eigenvalue weighted by atomic mass is 79.9. The van der Waals surface area contributed by atoms with Gasteiger partial charge < -0.3 is 10.1 Å². The van der Waals surface area contributed by atoms with E-state index in [2.05, 4.69) is 26.0 Å². The molecule has 0 aliphatic heterocycles. The van der Waals surface area contributed by atoms with Gasteiger partial charge in [-0.15, -0.1) is 0 Å². The highest BCUT2D eigenvalue weighted by Gasteiger charge is 2.10. The second-order valence-corrected chi connectivity index (χ2v) is 6.78. The van der Waals surface area contributed by atoms with Crippen molar-refractivity contribution in [3.8, 4) is 0 Å². The summed E-state index contributed by atoms with van der Waals surface area (Å²) in [5.41, 5.74) is 3.34. The number of likely N-dealkylation sites (N-methyl/N-ethyl adjacent to an activating group) is 1. The van der Waals surface area contributed by atoms with Crippen molar-refractivity contribution in [1.29, 1.82) is 0 Å². The zero-order chi connectivity index (χ0) is 18.4. The van der Waals surface area contributed by atoms with Gasteiger partial charge in [0.1, 0.15) is 0 Å². The standard InChI is InChI=1S/C19H21BrN2O3/c1-13-10-16(20)8-9-17(13)21-18(23)12-22(2)11-14-4-6-15(7-5-14)19(24)25-3/h4-10H,11-12H2,1-3H3,(H,21,23). The Morgan fingerprint density at radius 1 is 1.16 bits per heavy atom. The first-order chi connectivity index (χ1) is 11.9. The molecule has 6 heteroatoms. The Morgan fingerprint density at radius 2 is 1.84 bits per heavy atom. The number of methoxy groups -OCH3 is 1. The quantitative estimate of drug-likeness (QED) is 0.746. The van der Waals surface area contributed by atoms with Crippen molar-refractivity contribution in [3.05, 3.63) is 63.6 Å². The minimum Gasteiger partial charge on any atom is -0.465 e. The van der Waals surface area contributed by atoms with E-state index in [9.17, 15) is 9.59 Å². The molecule has 5 nitrogen and oxygen atoms in total. The van der Waals surface area contributed by atoms with Gasteiger partial charge in [-0.05, 0) is 55.4 Å². The van der Waals surface area contributed by atoms with Crippen molar-refractivity contribution in [2.24, 2.45) is 0 Å². The molecule has 0 bridgehead atoms. The summed E-state index contributed by atoms with van der Waals surface area (Å²) in [5.74, 6) is -0.428. The maximum Gasteiger partial charge on any atom is 0.337 e. The largest absolute Gasteiger partial charge is 0.465 e. The van der Waals surface area contributed by atoms with Gasteiger partial charge >= 0.3 is 5.97 Å². The number of rotatable bonds is 6. The van der Waals surface area contributed by atoms with Crippen LogP contribution >= 0.6 is 15.9 Å². The molecule has 1 amide bonds. The molecule has 0 aromatic heterocycles. The summed E-state index contributed by atoms with van der Waals surface area (Å²) < 4.78 is 5.66. The van der Waals surface area contributed by atoms with Crippen LogP contribution in [0.4, 0.5) is 5.69 Å². The smallest absolute Gasteiger partial charge is 0.337 e. The number of hydrogen-bond acceptors (Lipinski definition) is 4. The summed E-state index contributed by atoms with van der Waals surface area (Å²) in [4.78, 5) is 25.5. The van der Waals surface area contributed by atoms with Crippen LogP contribution in [0.5, 0.6) is 0 Å². The Hall–Kier alpha value is -2.18. The van der Waals surface area contributed by atoms with Crippen LogP contribution in [-0.4, -0.2) is 37.5 Å². The molecule has 0 heterocycles. The minimum absolute atomic E-state index is 0.0703. The van der Waals surface area contributed by atoms with Crippen molar-refractivity contribution in [2.45, 2.75) is 13.5 Å². The van der Waals surface area contributed by atoms with Crippen LogP contribution < -0.4 is 5.32 Å². The Bertz CT molecular complexity index is 760. The Labute approximate surface area is 156 Å². The minimum atomic E-state index is -0.357. The van der Waals surface area contributed by atoms with Gasteiger partial charge in [-0.2, -0.15) is 0 Å². The van der Waals surface area contributed by atoms with E-state index in [0.717, 1.165) is 21.3 Å². The van der Waals surface area contributed by atoms with Gasteiger partial charge in [0.25, 0.3) is 0 Å². The number of nitrogens with one attached hydrogen (secondary N) is 1. The lowest BCUT2D eigenvalue weighted by molar-refractivity contribution is -0.117. The number of carbonyl (C=O) groups excluding carboxylic acids is 2. The molecule has 0 saturated carbocycles. The fourth-order valence-electron chi connectivity index (χ4n) is 2.43. The van der Waals surface area contributed by atoms with E-state index in [0.29, 0.717) is 12.1 Å². The van der Waals surface area contributed by atoms with Gasteiger partial charge in [-0.25, -0.2) is 4.79 Å². The predicted molar refractivity (Wildman–Crippen MR) is 102 cm³/mol. The van der Waals surface area contributed by atoms with Gasteiger partial charge in [0, 0.05) is 16.7 Å². The van der Waals surface area contributed by atoms with E-state index in [-0.39, 0.29) is 18.4 Å². The summed E-state index contributed by atoms with van der Waals surface area (Å²) >= 11 is 3.41. The van der Waals surface area contributed by atoms with E-state index in [1.165, 1.54) is 7.11 Å². The van der Waals surface area contributed by atoms with E-state index >= 15 is 0 Å². The number of nitrogens with zero attached hydrogens (tertiary/aromatic N) is 1. The number of benzene rings is 2. The Balaban J connectivity index is 1.89. The lowest BCUT2D eigenvalue weighted by Gasteiger charge is -2.17. The van der Waals surface area contributed by atoms with Crippen LogP contribution in [0.3, 0.4) is 0 Å².